The van der Waals surface area contributed by atoms with Crippen LogP contribution >= 0.6 is 0 Å². The van der Waals surface area contributed by atoms with Gasteiger partial charge in [0.25, 0.3) is 11.4 Å². The smallest absolute Gasteiger partial charge is 0.258 e. The Labute approximate surface area is 91.2 Å². The molecule has 0 N–H and O–H groups in total. The predicted octanol–water partition coefficient (Wildman–Crippen LogP) is 2.63. The molecule has 1 aliphatic rings. The highest BCUT2D eigenvalue weighted by molar-refractivity contribution is 5.52. The van der Waals surface area contributed by atoms with Gasteiger partial charge in [0.05, 0.1) is 15.9 Å². The Balaban J connectivity index is 2.45. The average molecular weight is 222 g/mol. The van der Waals surface area contributed by atoms with E-state index in [1.165, 1.54) is 12.1 Å². The molecule has 2 rings (SSSR count). The summed E-state index contributed by atoms with van der Waals surface area (Å²) in [6, 6.07) is 3.87. The van der Waals surface area contributed by atoms with E-state index in [1.54, 1.807) is 0 Å². The van der Waals surface area contributed by atoms with E-state index in [9.17, 15) is 20.2 Å². The van der Waals surface area contributed by atoms with Crippen molar-refractivity contribution in [2.75, 3.05) is 0 Å². The van der Waals surface area contributed by atoms with Crippen molar-refractivity contribution in [3.63, 3.8) is 0 Å². The fraction of sp³-hybridized carbons (Fsp3) is 0.400. The van der Waals surface area contributed by atoms with Crippen LogP contribution in [0.3, 0.4) is 0 Å². The first kappa shape index (κ1) is 10.5. The summed E-state index contributed by atoms with van der Waals surface area (Å²) in [6.07, 6.45) is 0.915. The molecule has 0 aliphatic heterocycles. The lowest BCUT2D eigenvalue weighted by Crippen LogP contribution is -1.97. The Morgan fingerprint density at radius 1 is 1.25 bits per heavy atom. The molecule has 0 radical (unpaired) electrons. The Bertz CT molecular complexity index is 472. The van der Waals surface area contributed by atoms with Crippen LogP contribution in [0.5, 0.6) is 0 Å². The highest BCUT2D eigenvalue weighted by Crippen LogP contribution is 2.50. The van der Waals surface area contributed by atoms with Crippen molar-refractivity contribution in [2.24, 2.45) is 5.92 Å². The molecule has 2 unspecified atom stereocenters. The predicted molar refractivity (Wildman–Crippen MR) is 56.3 cm³/mol. The Morgan fingerprint density at radius 3 is 2.31 bits per heavy atom. The summed E-state index contributed by atoms with van der Waals surface area (Å²) >= 11 is 0. The van der Waals surface area contributed by atoms with Crippen molar-refractivity contribution < 1.29 is 9.85 Å². The zero-order chi connectivity index (χ0) is 11.9. The second kappa shape index (κ2) is 3.55. The van der Waals surface area contributed by atoms with Gasteiger partial charge < -0.3 is 0 Å². The second-order valence-electron chi connectivity index (χ2n) is 4.08. The van der Waals surface area contributed by atoms with Crippen molar-refractivity contribution in [3.05, 3.63) is 44.0 Å². The maximum absolute atomic E-state index is 10.8. The molecule has 0 heterocycles. The Morgan fingerprint density at radius 2 is 1.88 bits per heavy atom. The molecule has 0 spiro atoms. The standard InChI is InChI=1S/C10H10N2O4/c1-6-4-9(6)8-3-2-7(11(13)14)5-10(8)12(15)16/h2-3,5-6,9H,4H2,1H3. The number of nitro benzene ring substituents is 2. The third-order valence-corrected chi connectivity index (χ3v) is 2.93. The van der Waals surface area contributed by atoms with Crippen LogP contribution in [-0.4, -0.2) is 9.85 Å². The van der Waals surface area contributed by atoms with Gasteiger partial charge in [-0.1, -0.05) is 6.92 Å². The van der Waals surface area contributed by atoms with E-state index in [4.69, 9.17) is 0 Å². The lowest BCUT2D eigenvalue weighted by Gasteiger charge is -2.00. The van der Waals surface area contributed by atoms with Gasteiger partial charge in [0.1, 0.15) is 0 Å². The molecule has 0 amide bonds. The van der Waals surface area contributed by atoms with E-state index in [1.807, 2.05) is 6.92 Å². The fourth-order valence-electron chi connectivity index (χ4n) is 1.87. The third-order valence-electron chi connectivity index (χ3n) is 2.93. The number of non-ortho nitro benzene ring substituents is 1. The van der Waals surface area contributed by atoms with E-state index in [0.29, 0.717) is 11.5 Å². The van der Waals surface area contributed by atoms with Crippen LogP contribution in [0.1, 0.15) is 24.8 Å². The van der Waals surface area contributed by atoms with Crippen molar-refractivity contribution in [1.29, 1.82) is 0 Å². The first-order valence-corrected chi connectivity index (χ1v) is 4.93. The second-order valence-corrected chi connectivity index (χ2v) is 4.08. The van der Waals surface area contributed by atoms with Crippen molar-refractivity contribution in [1.82, 2.24) is 0 Å². The van der Waals surface area contributed by atoms with Gasteiger partial charge in [-0.2, -0.15) is 0 Å². The zero-order valence-electron chi connectivity index (χ0n) is 8.62. The minimum Gasteiger partial charge on any atom is -0.258 e. The first-order chi connectivity index (χ1) is 7.50. The Kier molecular flexibility index (Phi) is 2.34. The van der Waals surface area contributed by atoms with Gasteiger partial charge in [-0.15, -0.1) is 0 Å². The van der Waals surface area contributed by atoms with Gasteiger partial charge in [-0.05, 0) is 24.3 Å². The van der Waals surface area contributed by atoms with Crippen LogP contribution in [0.2, 0.25) is 0 Å². The molecular weight excluding hydrogens is 212 g/mol. The molecule has 6 nitrogen and oxygen atoms in total. The molecule has 1 aromatic rings. The molecule has 0 bridgehead atoms. The number of benzene rings is 1. The summed E-state index contributed by atoms with van der Waals surface area (Å²) in [6.45, 7) is 2.01. The largest absolute Gasteiger partial charge is 0.279 e. The molecule has 6 heteroatoms. The molecule has 0 aromatic heterocycles. The normalized spacial score (nSPS) is 22.8. The van der Waals surface area contributed by atoms with E-state index >= 15 is 0 Å². The van der Waals surface area contributed by atoms with Gasteiger partial charge in [0.2, 0.25) is 0 Å². The molecule has 16 heavy (non-hydrogen) atoms. The number of nitrogens with zero attached hydrogens (tertiary/aromatic N) is 2. The molecule has 84 valence electrons. The summed E-state index contributed by atoms with van der Waals surface area (Å²) in [4.78, 5) is 20.2. The third kappa shape index (κ3) is 1.73. The van der Waals surface area contributed by atoms with Gasteiger partial charge in [-0.3, -0.25) is 20.2 Å². The van der Waals surface area contributed by atoms with E-state index in [-0.39, 0.29) is 17.3 Å². The first-order valence-electron chi connectivity index (χ1n) is 4.93. The van der Waals surface area contributed by atoms with E-state index in [2.05, 4.69) is 0 Å². The number of hydrogen-bond donors (Lipinski definition) is 0. The molecule has 1 aromatic carbocycles. The van der Waals surface area contributed by atoms with Crippen LogP contribution < -0.4 is 0 Å². The van der Waals surface area contributed by atoms with Gasteiger partial charge in [-0.25, -0.2) is 0 Å². The van der Waals surface area contributed by atoms with E-state index in [0.717, 1.165) is 12.5 Å². The van der Waals surface area contributed by atoms with Crippen LogP contribution in [0.4, 0.5) is 11.4 Å². The number of hydrogen-bond acceptors (Lipinski definition) is 4. The van der Waals surface area contributed by atoms with Crippen LogP contribution in [0.15, 0.2) is 18.2 Å². The maximum atomic E-state index is 10.8. The SMILES string of the molecule is CC1CC1c1ccc([N+](=O)[O-])cc1[N+](=O)[O-]. The number of rotatable bonds is 3. The lowest BCUT2D eigenvalue weighted by atomic mass is 10.1. The van der Waals surface area contributed by atoms with Gasteiger partial charge in [0.15, 0.2) is 0 Å². The Hall–Kier alpha value is -1.98. The maximum Gasteiger partial charge on any atom is 0.279 e. The summed E-state index contributed by atoms with van der Waals surface area (Å²) in [5, 5.41) is 21.3. The molecule has 1 aliphatic carbocycles. The van der Waals surface area contributed by atoms with Gasteiger partial charge >= 0.3 is 0 Å². The fourth-order valence-corrected chi connectivity index (χ4v) is 1.87. The quantitative estimate of drug-likeness (QED) is 0.581. The summed E-state index contributed by atoms with van der Waals surface area (Å²) < 4.78 is 0. The lowest BCUT2D eigenvalue weighted by molar-refractivity contribution is -0.394. The van der Waals surface area contributed by atoms with Gasteiger partial charge in [0, 0.05) is 11.6 Å². The topological polar surface area (TPSA) is 86.3 Å². The average Bonchev–Trinajstić information content (AvgIpc) is 2.94. The van der Waals surface area contributed by atoms with Crippen LogP contribution in [-0.2, 0) is 0 Å². The summed E-state index contributed by atoms with van der Waals surface area (Å²) in [7, 11) is 0. The summed E-state index contributed by atoms with van der Waals surface area (Å²) in [5.74, 6) is 0.612. The van der Waals surface area contributed by atoms with Crippen molar-refractivity contribution in [2.45, 2.75) is 19.3 Å². The monoisotopic (exact) mass is 222 g/mol. The minimum absolute atomic E-state index is 0.136. The molecule has 1 fully saturated rings. The van der Waals surface area contributed by atoms with Crippen LogP contribution in [0.25, 0.3) is 0 Å². The highest BCUT2D eigenvalue weighted by atomic mass is 16.6. The molecule has 2 atom stereocenters. The van der Waals surface area contributed by atoms with E-state index < -0.39 is 9.85 Å². The highest BCUT2D eigenvalue weighted by Gasteiger charge is 2.39. The number of nitro groups is 2. The van der Waals surface area contributed by atoms with Crippen LogP contribution in [0, 0.1) is 26.1 Å². The molecular formula is C10H10N2O4. The van der Waals surface area contributed by atoms with Crippen molar-refractivity contribution in [3.8, 4) is 0 Å². The van der Waals surface area contributed by atoms with Crippen molar-refractivity contribution >= 4 is 11.4 Å². The summed E-state index contributed by atoms with van der Waals surface area (Å²) in [5.41, 5.74) is 0.246. The zero-order valence-corrected chi connectivity index (χ0v) is 8.62. The molecule has 1 saturated carbocycles. The minimum atomic E-state index is -0.618. The molecule has 0 saturated heterocycles.